The first-order valence-electron chi connectivity index (χ1n) is 15.4. The smallest absolute Gasteiger partial charge is 0.272 e. The third-order valence-electron chi connectivity index (χ3n) is 7.35. The van der Waals surface area contributed by atoms with Crippen LogP contribution in [0.25, 0.3) is 6.08 Å². The van der Waals surface area contributed by atoms with Crippen LogP contribution >= 0.6 is 11.8 Å². The summed E-state index contributed by atoms with van der Waals surface area (Å²) in [5.74, 6) is -0.596. The molecule has 0 saturated carbocycles. The first-order chi connectivity index (χ1) is 24.3. The number of halogens is 1. The molecular weight excluding hydrogens is 658 g/mol. The molecule has 0 aliphatic carbocycles. The second kappa shape index (κ2) is 16.8. The van der Waals surface area contributed by atoms with Gasteiger partial charge in [-0.05, 0) is 90.0 Å². The lowest BCUT2D eigenvalue weighted by molar-refractivity contribution is -0.116. The van der Waals surface area contributed by atoms with E-state index in [0.29, 0.717) is 39.8 Å². The topological polar surface area (TPSA) is 115 Å². The van der Waals surface area contributed by atoms with Crippen LogP contribution in [0.3, 0.4) is 0 Å². The van der Waals surface area contributed by atoms with E-state index in [2.05, 4.69) is 16.0 Å². The molecule has 0 fully saturated rings. The van der Waals surface area contributed by atoms with Crippen LogP contribution in [-0.4, -0.2) is 39.1 Å². The quantitative estimate of drug-likeness (QED) is 0.0855. The van der Waals surface area contributed by atoms with E-state index in [0.717, 1.165) is 10.5 Å². The zero-order chi connectivity index (χ0) is 35.5. The van der Waals surface area contributed by atoms with Crippen molar-refractivity contribution in [1.29, 1.82) is 0 Å². The Morgan fingerprint density at radius 3 is 1.84 bits per heavy atom. The number of nitrogens with one attached hydrogen (secondary N) is 3. The van der Waals surface area contributed by atoms with Gasteiger partial charge in [-0.15, -0.1) is 11.8 Å². The molecule has 3 amide bonds. The van der Waals surface area contributed by atoms with E-state index >= 15 is 0 Å². The van der Waals surface area contributed by atoms with E-state index in [4.69, 9.17) is 14.2 Å². The summed E-state index contributed by atoms with van der Waals surface area (Å²) in [6, 6.07) is 33.7. The minimum absolute atomic E-state index is 0.0341. The Balaban J connectivity index is 1.38. The lowest BCUT2D eigenvalue weighted by atomic mass is 10.1. The molecule has 5 aromatic rings. The van der Waals surface area contributed by atoms with Crippen molar-refractivity contribution in [3.05, 3.63) is 150 Å². The third-order valence-corrected chi connectivity index (χ3v) is 8.61. The molecule has 0 saturated heterocycles. The molecule has 0 bridgehead atoms. The molecule has 254 valence electrons. The number of rotatable bonds is 13. The second-order valence-electron chi connectivity index (χ2n) is 10.7. The lowest BCUT2D eigenvalue weighted by Gasteiger charge is -2.17. The number of anilines is 2. The largest absolute Gasteiger partial charge is 0.493 e. The monoisotopic (exact) mass is 691 g/mol. The molecule has 9 nitrogen and oxygen atoms in total. The Morgan fingerprint density at radius 1 is 0.700 bits per heavy atom. The van der Waals surface area contributed by atoms with E-state index in [1.54, 1.807) is 66.7 Å². The molecule has 5 rings (SSSR count). The molecule has 50 heavy (non-hydrogen) atoms. The van der Waals surface area contributed by atoms with Crippen molar-refractivity contribution in [3.63, 3.8) is 0 Å². The Kier molecular flexibility index (Phi) is 11.9. The van der Waals surface area contributed by atoms with Gasteiger partial charge in [0.2, 0.25) is 11.7 Å². The highest BCUT2D eigenvalue weighted by Crippen LogP contribution is 2.39. The minimum Gasteiger partial charge on any atom is -0.493 e. The highest BCUT2D eigenvalue weighted by Gasteiger charge is 2.23. The van der Waals surface area contributed by atoms with Gasteiger partial charge in [-0.25, -0.2) is 4.39 Å². The number of carbonyl (C=O) groups excluding carboxylic acids is 3. The molecule has 1 unspecified atom stereocenters. The fraction of sp³-hybridized carbons (Fsp3) is 0.103. The summed E-state index contributed by atoms with van der Waals surface area (Å²) in [4.78, 5) is 41.0. The molecule has 3 N–H and O–H groups in total. The van der Waals surface area contributed by atoms with Gasteiger partial charge < -0.3 is 30.2 Å². The van der Waals surface area contributed by atoms with Gasteiger partial charge in [-0.3, -0.25) is 14.4 Å². The lowest BCUT2D eigenvalue weighted by Crippen LogP contribution is -2.30. The van der Waals surface area contributed by atoms with Gasteiger partial charge in [-0.2, -0.15) is 0 Å². The maximum atomic E-state index is 13.7. The molecule has 0 aliphatic rings. The van der Waals surface area contributed by atoms with Gasteiger partial charge >= 0.3 is 0 Å². The first-order valence-corrected chi connectivity index (χ1v) is 16.2. The van der Waals surface area contributed by atoms with Crippen molar-refractivity contribution in [2.45, 2.75) is 10.1 Å². The van der Waals surface area contributed by atoms with E-state index in [1.165, 1.54) is 63.4 Å². The normalized spacial score (nSPS) is 11.6. The van der Waals surface area contributed by atoms with Crippen molar-refractivity contribution in [2.24, 2.45) is 0 Å². The predicted octanol–water partition coefficient (Wildman–Crippen LogP) is 7.73. The Hall–Kier alpha value is -6.07. The van der Waals surface area contributed by atoms with Crippen LogP contribution in [0.2, 0.25) is 0 Å². The summed E-state index contributed by atoms with van der Waals surface area (Å²) in [5, 5.41) is 7.80. The van der Waals surface area contributed by atoms with Gasteiger partial charge in [0.15, 0.2) is 11.5 Å². The summed E-state index contributed by atoms with van der Waals surface area (Å²) in [6.07, 6.45) is 1.51. The van der Waals surface area contributed by atoms with Gasteiger partial charge in [0.25, 0.3) is 11.8 Å². The predicted molar refractivity (Wildman–Crippen MR) is 193 cm³/mol. The van der Waals surface area contributed by atoms with Crippen molar-refractivity contribution in [3.8, 4) is 17.2 Å². The summed E-state index contributed by atoms with van der Waals surface area (Å²) < 4.78 is 29.8. The van der Waals surface area contributed by atoms with Gasteiger partial charge in [0, 0.05) is 21.8 Å². The van der Waals surface area contributed by atoms with Crippen LogP contribution in [0.4, 0.5) is 15.8 Å². The number of hydrogen-bond acceptors (Lipinski definition) is 7. The van der Waals surface area contributed by atoms with E-state index < -0.39 is 22.9 Å². The van der Waals surface area contributed by atoms with Crippen molar-refractivity contribution in [2.75, 3.05) is 32.0 Å². The Bertz CT molecular complexity index is 1950. The highest BCUT2D eigenvalue weighted by atomic mass is 32.2. The maximum Gasteiger partial charge on any atom is 0.272 e. The van der Waals surface area contributed by atoms with Crippen molar-refractivity contribution in [1.82, 2.24) is 5.32 Å². The van der Waals surface area contributed by atoms with Crippen molar-refractivity contribution >= 4 is 46.9 Å². The van der Waals surface area contributed by atoms with E-state index in [-0.39, 0.29) is 11.6 Å². The van der Waals surface area contributed by atoms with Crippen LogP contribution in [0, 0.1) is 5.82 Å². The molecule has 0 radical (unpaired) electrons. The standard InChI is InChI=1S/C39H34FN3O6S/c1-47-33-23-25(24-34(48-2)35(33)49-3)22-32(43-37(44)27-12-8-5-9-13-27)38(45)41-30-18-20-31(21-19-30)50-36(26-10-6-4-7-11-26)39(46)42-29-16-14-28(40)15-17-29/h4-24,36H,1-3H3,(H,41,45)(H,42,46)(H,43,44)/b32-22-. The second-order valence-corrected chi connectivity index (χ2v) is 11.9. The number of methoxy groups -OCH3 is 3. The molecule has 0 spiro atoms. The number of hydrogen-bond donors (Lipinski definition) is 3. The molecule has 0 heterocycles. The van der Waals surface area contributed by atoms with Crippen molar-refractivity contribution < 1.29 is 33.0 Å². The average molecular weight is 692 g/mol. The maximum absolute atomic E-state index is 13.7. The van der Waals surface area contributed by atoms with Gasteiger partial charge in [0.1, 0.15) is 16.8 Å². The average Bonchev–Trinajstić information content (AvgIpc) is 3.15. The Labute approximate surface area is 293 Å². The zero-order valence-electron chi connectivity index (χ0n) is 27.4. The number of thioether (sulfide) groups is 1. The van der Waals surface area contributed by atoms with Crippen LogP contribution < -0.4 is 30.2 Å². The molecule has 0 aliphatic heterocycles. The van der Waals surface area contributed by atoms with Crippen LogP contribution in [-0.2, 0) is 9.59 Å². The summed E-state index contributed by atoms with van der Waals surface area (Å²) >= 11 is 1.32. The first kappa shape index (κ1) is 35.2. The van der Waals surface area contributed by atoms with E-state index in [9.17, 15) is 18.8 Å². The summed E-state index contributed by atoms with van der Waals surface area (Å²) in [7, 11) is 4.46. The minimum atomic E-state index is -0.622. The molecule has 0 aromatic heterocycles. The molecule has 1 atom stereocenters. The number of amides is 3. The number of ether oxygens (including phenoxy) is 3. The summed E-state index contributed by atoms with van der Waals surface area (Å²) in [5.41, 5.74) is 2.56. The van der Waals surface area contributed by atoms with Gasteiger partial charge in [-0.1, -0.05) is 48.5 Å². The van der Waals surface area contributed by atoms with Crippen LogP contribution in [0.5, 0.6) is 17.2 Å². The number of carbonyl (C=O) groups is 3. The SMILES string of the molecule is COc1cc(/C=C(\NC(=O)c2ccccc2)C(=O)Nc2ccc(SC(C(=O)Nc3ccc(F)cc3)c3ccccc3)cc2)cc(OC)c1OC. The summed E-state index contributed by atoms with van der Waals surface area (Å²) in [6.45, 7) is 0. The Morgan fingerprint density at radius 2 is 1.26 bits per heavy atom. The fourth-order valence-electron chi connectivity index (χ4n) is 4.89. The zero-order valence-corrected chi connectivity index (χ0v) is 28.3. The molecular formula is C39H34FN3O6S. The highest BCUT2D eigenvalue weighted by molar-refractivity contribution is 8.00. The molecule has 5 aromatic carbocycles. The fourth-order valence-corrected chi connectivity index (χ4v) is 5.91. The molecule has 11 heteroatoms. The van der Waals surface area contributed by atoms with E-state index in [1.807, 2.05) is 30.3 Å². The number of benzene rings is 5. The van der Waals surface area contributed by atoms with Crippen LogP contribution in [0.1, 0.15) is 26.7 Å². The van der Waals surface area contributed by atoms with Gasteiger partial charge in [0.05, 0.1) is 21.3 Å². The third kappa shape index (κ3) is 9.09. The van der Waals surface area contributed by atoms with Crippen LogP contribution in [0.15, 0.2) is 132 Å².